The minimum Gasteiger partial charge on any atom is -0.497 e. The molecule has 0 N–H and O–H groups in total. The molecule has 0 spiro atoms. The first-order valence-electron chi connectivity index (χ1n) is 11.9. The SMILES string of the molecule is COc1ccc2c(c1)CC[C@@H]1[C@@H]2CC[C@@]2(C)[C@H]1C[C@@H]1CN(c3ccc(F)cc3)C(=O)O[C@@H]12. The lowest BCUT2D eigenvalue weighted by molar-refractivity contribution is -0.0461. The van der Waals surface area contributed by atoms with E-state index in [1.807, 2.05) is 0 Å². The minimum absolute atomic E-state index is 0.0186. The van der Waals surface area contributed by atoms with Crippen LogP contribution in [0.2, 0.25) is 0 Å². The van der Waals surface area contributed by atoms with E-state index >= 15 is 0 Å². The van der Waals surface area contributed by atoms with Crippen LogP contribution in [-0.2, 0) is 11.2 Å². The average molecular weight is 436 g/mol. The molecule has 5 heteroatoms. The van der Waals surface area contributed by atoms with Crippen LogP contribution in [0.5, 0.6) is 5.75 Å². The molecule has 6 atom stereocenters. The van der Waals surface area contributed by atoms with Crippen molar-refractivity contribution in [3.8, 4) is 5.75 Å². The van der Waals surface area contributed by atoms with Gasteiger partial charge in [-0.15, -0.1) is 0 Å². The molecule has 2 aromatic carbocycles. The molecule has 0 aromatic heterocycles. The summed E-state index contributed by atoms with van der Waals surface area (Å²) in [7, 11) is 1.73. The summed E-state index contributed by atoms with van der Waals surface area (Å²) < 4.78 is 25.0. The van der Waals surface area contributed by atoms with Crippen LogP contribution in [0, 0.1) is 29.0 Å². The Balaban J connectivity index is 1.28. The molecule has 0 bridgehead atoms. The monoisotopic (exact) mass is 435 g/mol. The summed E-state index contributed by atoms with van der Waals surface area (Å²) in [6, 6.07) is 12.8. The van der Waals surface area contributed by atoms with Crippen molar-refractivity contribution in [2.75, 3.05) is 18.6 Å². The van der Waals surface area contributed by atoms with E-state index in [-0.39, 0.29) is 23.4 Å². The van der Waals surface area contributed by atoms with E-state index in [9.17, 15) is 9.18 Å². The molecular weight excluding hydrogens is 405 g/mol. The fraction of sp³-hybridized carbons (Fsp3) is 0.519. The van der Waals surface area contributed by atoms with Gasteiger partial charge in [0, 0.05) is 23.6 Å². The lowest BCUT2D eigenvalue weighted by atomic mass is 9.55. The molecule has 32 heavy (non-hydrogen) atoms. The summed E-state index contributed by atoms with van der Waals surface area (Å²) in [4.78, 5) is 14.6. The number of fused-ring (bicyclic) bond motifs is 7. The zero-order chi connectivity index (χ0) is 22.0. The largest absolute Gasteiger partial charge is 0.497 e. The van der Waals surface area contributed by atoms with Crippen molar-refractivity contribution in [3.05, 3.63) is 59.4 Å². The smallest absolute Gasteiger partial charge is 0.414 e. The van der Waals surface area contributed by atoms with Crippen LogP contribution < -0.4 is 9.64 Å². The van der Waals surface area contributed by atoms with Gasteiger partial charge in [-0.3, -0.25) is 4.90 Å². The van der Waals surface area contributed by atoms with Gasteiger partial charge in [-0.25, -0.2) is 9.18 Å². The van der Waals surface area contributed by atoms with Gasteiger partial charge in [-0.1, -0.05) is 13.0 Å². The third-order valence-corrected chi connectivity index (χ3v) is 9.01. The molecule has 1 heterocycles. The van der Waals surface area contributed by atoms with Crippen LogP contribution in [0.1, 0.15) is 49.7 Å². The van der Waals surface area contributed by atoms with E-state index in [1.54, 1.807) is 24.1 Å². The Hall–Kier alpha value is -2.56. The number of ether oxygens (including phenoxy) is 2. The Bertz CT molecular complexity index is 1050. The van der Waals surface area contributed by atoms with E-state index in [2.05, 4.69) is 25.1 Å². The molecule has 2 saturated carbocycles. The zero-order valence-electron chi connectivity index (χ0n) is 18.7. The van der Waals surface area contributed by atoms with Gasteiger partial charge in [0.2, 0.25) is 0 Å². The molecule has 3 fully saturated rings. The minimum atomic E-state index is -0.294. The second kappa shape index (κ2) is 7.23. The number of carbonyl (C=O) groups is 1. The molecule has 4 nitrogen and oxygen atoms in total. The molecule has 1 aliphatic heterocycles. The van der Waals surface area contributed by atoms with E-state index < -0.39 is 0 Å². The Morgan fingerprint density at radius 1 is 1.16 bits per heavy atom. The summed E-state index contributed by atoms with van der Waals surface area (Å²) in [6.45, 7) is 3.02. The maximum absolute atomic E-state index is 13.4. The van der Waals surface area contributed by atoms with E-state index in [4.69, 9.17) is 9.47 Å². The molecule has 1 saturated heterocycles. The molecule has 0 unspecified atom stereocenters. The first-order valence-corrected chi connectivity index (χ1v) is 11.9. The van der Waals surface area contributed by atoms with Gasteiger partial charge in [0.15, 0.2) is 0 Å². The molecular formula is C27H30FNO3. The van der Waals surface area contributed by atoms with Crippen LogP contribution in [0.4, 0.5) is 14.9 Å². The predicted molar refractivity (Wildman–Crippen MR) is 120 cm³/mol. The summed E-state index contributed by atoms with van der Waals surface area (Å²) in [5.41, 5.74) is 3.70. The number of carbonyl (C=O) groups excluding carboxylic acids is 1. The molecule has 168 valence electrons. The number of aryl methyl sites for hydroxylation is 1. The van der Waals surface area contributed by atoms with Crippen LogP contribution in [0.25, 0.3) is 0 Å². The van der Waals surface area contributed by atoms with E-state index in [0.717, 1.165) is 31.4 Å². The van der Waals surface area contributed by atoms with Gasteiger partial charge >= 0.3 is 6.09 Å². The number of hydrogen-bond acceptors (Lipinski definition) is 3. The molecule has 2 aromatic rings. The molecule has 0 radical (unpaired) electrons. The van der Waals surface area contributed by atoms with Crippen molar-refractivity contribution in [2.24, 2.45) is 23.2 Å². The van der Waals surface area contributed by atoms with Crippen LogP contribution in [0.3, 0.4) is 0 Å². The van der Waals surface area contributed by atoms with Gasteiger partial charge in [0.05, 0.1) is 7.11 Å². The fourth-order valence-electron chi connectivity index (χ4n) is 7.53. The number of anilines is 1. The molecule has 4 aliphatic rings. The summed E-state index contributed by atoms with van der Waals surface area (Å²) >= 11 is 0. The normalized spacial score (nSPS) is 35.3. The highest BCUT2D eigenvalue weighted by Crippen LogP contribution is 2.63. The van der Waals surface area contributed by atoms with Gasteiger partial charge in [0.25, 0.3) is 0 Å². The Morgan fingerprint density at radius 3 is 2.75 bits per heavy atom. The standard InChI is InChI=1S/C27H30FNO3/c1-27-12-11-22-21-10-8-20(31-2)13-16(21)3-9-23(22)24(27)14-17-15-29(26(30)32-25(17)27)19-6-4-18(28)5-7-19/h4-8,10,13,17,22-25H,3,9,11-12,14-15H2,1-2H3/t17-,22-,23-,24+,25+,27+/m1/s1. The van der Waals surface area contributed by atoms with Crippen molar-refractivity contribution in [1.82, 2.24) is 0 Å². The van der Waals surface area contributed by atoms with Crippen LogP contribution >= 0.6 is 0 Å². The highest BCUT2D eigenvalue weighted by Gasteiger charge is 2.61. The Kier molecular flexibility index (Phi) is 4.53. The van der Waals surface area contributed by atoms with Crippen molar-refractivity contribution in [2.45, 2.75) is 51.0 Å². The van der Waals surface area contributed by atoms with E-state index in [0.29, 0.717) is 35.9 Å². The predicted octanol–water partition coefficient (Wildman–Crippen LogP) is 5.94. The highest BCUT2D eigenvalue weighted by molar-refractivity contribution is 5.88. The van der Waals surface area contributed by atoms with Gasteiger partial charge in [-0.2, -0.15) is 0 Å². The van der Waals surface area contributed by atoms with Crippen molar-refractivity contribution < 1.29 is 18.7 Å². The first kappa shape index (κ1) is 20.1. The molecule has 3 aliphatic carbocycles. The van der Waals surface area contributed by atoms with E-state index in [1.165, 1.54) is 29.7 Å². The lowest BCUT2D eigenvalue weighted by Gasteiger charge is -2.51. The number of methoxy groups -OCH3 is 1. The van der Waals surface area contributed by atoms with Gasteiger partial charge in [-0.05, 0) is 97.4 Å². The third kappa shape index (κ3) is 2.89. The van der Waals surface area contributed by atoms with Crippen molar-refractivity contribution >= 4 is 11.8 Å². The second-order valence-corrected chi connectivity index (χ2v) is 10.4. The lowest BCUT2D eigenvalue weighted by Crippen LogP contribution is -2.52. The number of nitrogens with zero attached hydrogens (tertiary/aromatic N) is 1. The highest BCUT2D eigenvalue weighted by atomic mass is 19.1. The topological polar surface area (TPSA) is 38.8 Å². The fourth-order valence-corrected chi connectivity index (χ4v) is 7.53. The summed E-state index contributed by atoms with van der Waals surface area (Å²) in [5.74, 6) is 2.77. The van der Waals surface area contributed by atoms with Crippen LogP contribution in [0.15, 0.2) is 42.5 Å². The number of hydrogen-bond donors (Lipinski definition) is 0. The zero-order valence-corrected chi connectivity index (χ0v) is 18.7. The summed E-state index contributed by atoms with van der Waals surface area (Å²) in [5, 5.41) is 0. The molecule has 6 rings (SSSR count). The van der Waals surface area contributed by atoms with Gasteiger partial charge in [0.1, 0.15) is 17.7 Å². The quantitative estimate of drug-likeness (QED) is 0.586. The average Bonchev–Trinajstić information content (AvgIpc) is 3.10. The maximum Gasteiger partial charge on any atom is 0.414 e. The number of benzene rings is 2. The molecule has 1 amide bonds. The number of rotatable bonds is 2. The third-order valence-electron chi connectivity index (χ3n) is 9.01. The second-order valence-electron chi connectivity index (χ2n) is 10.4. The number of amides is 1. The Labute approximate surface area is 188 Å². The van der Waals surface area contributed by atoms with Gasteiger partial charge < -0.3 is 9.47 Å². The Morgan fingerprint density at radius 2 is 1.97 bits per heavy atom. The summed E-state index contributed by atoms with van der Waals surface area (Å²) in [6.07, 6.45) is 5.32. The van der Waals surface area contributed by atoms with Crippen molar-refractivity contribution in [1.29, 1.82) is 0 Å². The first-order chi connectivity index (χ1) is 15.5. The van der Waals surface area contributed by atoms with Crippen molar-refractivity contribution in [3.63, 3.8) is 0 Å². The maximum atomic E-state index is 13.4. The number of halogens is 1. The van der Waals surface area contributed by atoms with Crippen LogP contribution in [-0.4, -0.2) is 25.9 Å².